The molecular weight excluding hydrogens is 240 g/mol. The van der Waals surface area contributed by atoms with Gasteiger partial charge in [-0.05, 0) is 57.5 Å². The van der Waals surface area contributed by atoms with Crippen LogP contribution in [0.5, 0.6) is 0 Å². The Kier molecular flexibility index (Phi) is 6.80. The molecule has 112 valence electrons. The zero-order valence-corrected chi connectivity index (χ0v) is 12.7. The van der Waals surface area contributed by atoms with Crippen molar-refractivity contribution in [1.82, 2.24) is 10.6 Å². The summed E-state index contributed by atoms with van der Waals surface area (Å²) >= 11 is 0. The van der Waals surface area contributed by atoms with Crippen LogP contribution in [-0.2, 0) is 4.79 Å². The first kappa shape index (κ1) is 16.4. The van der Waals surface area contributed by atoms with Gasteiger partial charge in [-0.3, -0.25) is 4.79 Å². The second-order valence-corrected chi connectivity index (χ2v) is 6.62. The van der Waals surface area contributed by atoms with E-state index in [-0.39, 0.29) is 5.91 Å². The van der Waals surface area contributed by atoms with Gasteiger partial charge in [-0.1, -0.05) is 13.8 Å². The van der Waals surface area contributed by atoms with E-state index in [1.807, 2.05) is 0 Å². The highest BCUT2D eigenvalue weighted by molar-refractivity contribution is 5.75. The molecule has 1 aliphatic heterocycles. The van der Waals surface area contributed by atoms with Crippen molar-refractivity contribution >= 4 is 5.91 Å². The highest BCUT2D eigenvalue weighted by Gasteiger charge is 2.22. The largest absolute Gasteiger partial charge is 0.388 e. The molecule has 0 saturated carbocycles. The molecule has 0 aromatic heterocycles. The Morgan fingerprint density at radius 3 is 2.84 bits per heavy atom. The fourth-order valence-electron chi connectivity index (χ4n) is 2.83. The maximum Gasteiger partial charge on any atom is 0.220 e. The van der Waals surface area contributed by atoms with Crippen molar-refractivity contribution in [3.05, 3.63) is 0 Å². The quantitative estimate of drug-likeness (QED) is 0.659. The molecule has 2 unspecified atom stereocenters. The number of carbonyl (C=O) groups is 1. The minimum atomic E-state index is -0.795. The molecule has 1 heterocycles. The summed E-state index contributed by atoms with van der Waals surface area (Å²) in [6.07, 6.45) is 4.68. The lowest BCUT2D eigenvalue weighted by Gasteiger charge is -2.26. The van der Waals surface area contributed by atoms with Crippen molar-refractivity contribution in [2.24, 2.45) is 11.8 Å². The molecule has 0 bridgehead atoms. The van der Waals surface area contributed by atoms with Gasteiger partial charge in [0.2, 0.25) is 5.91 Å². The van der Waals surface area contributed by atoms with Gasteiger partial charge < -0.3 is 15.7 Å². The first-order chi connectivity index (χ1) is 8.89. The monoisotopic (exact) mass is 270 g/mol. The highest BCUT2D eigenvalue weighted by atomic mass is 16.3. The number of amides is 1. The number of hydrogen-bond acceptors (Lipinski definition) is 3. The van der Waals surface area contributed by atoms with Crippen LogP contribution < -0.4 is 10.6 Å². The highest BCUT2D eigenvalue weighted by Crippen LogP contribution is 2.17. The van der Waals surface area contributed by atoms with Gasteiger partial charge in [0.25, 0.3) is 0 Å². The molecule has 2 atom stereocenters. The number of piperidine rings is 1. The average molecular weight is 270 g/mol. The van der Waals surface area contributed by atoms with Crippen LogP contribution in [0.1, 0.15) is 52.9 Å². The Morgan fingerprint density at radius 1 is 1.53 bits per heavy atom. The lowest BCUT2D eigenvalue weighted by Crippen LogP contribution is -2.41. The summed E-state index contributed by atoms with van der Waals surface area (Å²) in [5, 5.41) is 16.3. The minimum Gasteiger partial charge on any atom is -0.388 e. The van der Waals surface area contributed by atoms with E-state index in [4.69, 9.17) is 0 Å². The van der Waals surface area contributed by atoms with E-state index in [2.05, 4.69) is 24.5 Å². The van der Waals surface area contributed by atoms with Crippen LogP contribution in [0.3, 0.4) is 0 Å². The van der Waals surface area contributed by atoms with Crippen molar-refractivity contribution in [1.29, 1.82) is 0 Å². The number of rotatable bonds is 7. The van der Waals surface area contributed by atoms with Crippen LogP contribution >= 0.6 is 0 Å². The van der Waals surface area contributed by atoms with Crippen molar-refractivity contribution in [2.45, 2.75) is 58.5 Å². The Bertz CT molecular complexity index is 271. The lowest BCUT2D eigenvalue weighted by atomic mass is 9.93. The molecular formula is C15H30N2O2. The van der Waals surface area contributed by atoms with Gasteiger partial charge in [-0.2, -0.15) is 0 Å². The molecule has 0 radical (unpaired) electrons. The van der Waals surface area contributed by atoms with E-state index >= 15 is 0 Å². The zero-order valence-electron chi connectivity index (χ0n) is 12.7. The summed E-state index contributed by atoms with van der Waals surface area (Å²) < 4.78 is 0. The number of hydrogen-bond donors (Lipinski definition) is 3. The normalized spacial score (nSPS) is 23.1. The molecule has 1 rings (SSSR count). The molecule has 4 nitrogen and oxygen atoms in total. The third-order valence-electron chi connectivity index (χ3n) is 3.69. The first-order valence-electron chi connectivity index (χ1n) is 7.59. The zero-order chi connectivity index (χ0) is 14.3. The maximum atomic E-state index is 11.8. The fourth-order valence-corrected chi connectivity index (χ4v) is 2.83. The van der Waals surface area contributed by atoms with Crippen molar-refractivity contribution in [3.8, 4) is 0 Å². The molecule has 19 heavy (non-hydrogen) atoms. The van der Waals surface area contributed by atoms with E-state index in [0.717, 1.165) is 19.5 Å². The number of nitrogens with one attached hydrogen (secondary N) is 2. The summed E-state index contributed by atoms with van der Waals surface area (Å²) in [6.45, 7) is 8.45. The molecule has 1 saturated heterocycles. The third-order valence-corrected chi connectivity index (χ3v) is 3.69. The van der Waals surface area contributed by atoms with Crippen molar-refractivity contribution < 1.29 is 9.90 Å². The second kappa shape index (κ2) is 7.85. The summed E-state index contributed by atoms with van der Waals surface area (Å²) in [7, 11) is 0. The van der Waals surface area contributed by atoms with Gasteiger partial charge in [0.1, 0.15) is 0 Å². The van der Waals surface area contributed by atoms with E-state index in [0.29, 0.717) is 31.2 Å². The molecule has 4 heteroatoms. The Hall–Kier alpha value is -0.610. The second-order valence-electron chi connectivity index (χ2n) is 6.62. The van der Waals surface area contributed by atoms with Crippen molar-refractivity contribution in [2.75, 3.05) is 19.6 Å². The summed E-state index contributed by atoms with van der Waals surface area (Å²) in [5.74, 6) is 1.13. The summed E-state index contributed by atoms with van der Waals surface area (Å²) in [6, 6.07) is 0. The van der Waals surface area contributed by atoms with Crippen LogP contribution in [0, 0.1) is 11.8 Å². The molecule has 0 spiro atoms. The molecule has 3 N–H and O–H groups in total. The van der Waals surface area contributed by atoms with E-state index in [1.165, 1.54) is 12.8 Å². The smallest absolute Gasteiger partial charge is 0.220 e. The first-order valence-corrected chi connectivity index (χ1v) is 7.59. The van der Waals surface area contributed by atoms with Crippen molar-refractivity contribution in [3.63, 3.8) is 0 Å². The lowest BCUT2D eigenvalue weighted by molar-refractivity contribution is -0.122. The summed E-state index contributed by atoms with van der Waals surface area (Å²) in [5.41, 5.74) is -0.795. The maximum absolute atomic E-state index is 11.8. The van der Waals surface area contributed by atoms with E-state index in [1.54, 1.807) is 6.92 Å². The number of carbonyl (C=O) groups excluding carboxylic acids is 1. The Labute approximate surface area is 117 Å². The molecule has 1 fully saturated rings. The van der Waals surface area contributed by atoms with Crippen LogP contribution in [0.15, 0.2) is 0 Å². The van der Waals surface area contributed by atoms with Gasteiger partial charge in [-0.25, -0.2) is 0 Å². The van der Waals surface area contributed by atoms with Crippen LogP contribution in [0.25, 0.3) is 0 Å². The molecule has 0 aliphatic carbocycles. The van der Waals surface area contributed by atoms with Gasteiger partial charge in [0, 0.05) is 13.0 Å². The standard InChI is InChI=1S/C15H30N2O2/c1-12(2)9-15(3,19)11-17-14(18)7-6-13-5-4-8-16-10-13/h12-13,16,19H,4-11H2,1-3H3,(H,17,18). The average Bonchev–Trinajstić information content (AvgIpc) is 2.34. The Balaban J connectivity index is 2.16. The van der Waals surface area contributed by atoms with Crippen LogP contribution in [0.4, 0.5) is 0 Å². The third kappa shape index (κ3) is 7.53. The Morgan fingerprint density at radius 2 is 2.26 bits per heavy atom. The van der Waals surface area contributed by atoms with E-state index < -0.39 is 5.60 Å². The topological polar surface area (TPSA) is 61.4 Å². The fraction of sp³-hybridized carbons (Fsp3) is 0.933. The number of aliphatic hydroxyl groups is 1. The van der Waals surface area contributed by atoms with Gasteiger partial charge in [0.15, 0.2) is 0 Å². The van der Waals surface area contributed by atoms with Crippen LogP contribution in [-0.4, -0.2) is 36.2 Å². The SMILES string of the molecule is CC(C)CC(C)(O)CNC(=O)CCC1CCCNC1. The summed E-state index contributed by atoms with van der Waals surface area (Å²) in [4.78, 5) is 11.8. The van der Waals surface area contributed by atoms with Gasteiger partial charge in [-0.15, -0.1) is 0 Å². The predicted octanol–water partition coefficient (Wildman–Crippen LogP) is 1.68. The van der Waals surface area contributed by atoms with E-state index in [9.17, 15) is 9.90 Å². The molecule has 0 aromatic carbocycles. The minimum absolute atomic E-state index is 0.0644. The molecule has 1 amide bonds. The van der Waals surface area contributed by atoms with Crippen LogP contribution in [0.2, 0.25) is 0 Å². The molecule has 0 aromatic rings. The molecule has 1 aliphatic rings. The van der Waals surface area contributed by atoms with Gasteiger partial charge in [0.05, 0.1) is 5.60 Å². The van der Waals surface area contributed by atoms with Gasteiger partial charge >= 0.3 is 0 Å². The predicted molar refractivity (Wildman–Crippen MR) is 77.9 cm³/mol.